The van der Waals surface area contributed by atoms with Crippen LogP contribution in [0, 0.1) is 23.2 Å². The Balaban J connectivity index is 1.54. The molecule has 2 heterocycles. The van der Waals surface area contributed by atoms with Crippen molar-refractivity contribution in [3.05, 3.63) is 30.5 Å². The summed E-state index contributed by atoms with van der Waals surface area (Å²) in [7, 11) is 1.64. The number of hydrogen-bond acceptors (Lipinski definition) is 4. The molecule has 0 bridgehead atoms. The van der Waals surface area contributed by atoms with Gasteiger partial charge in [0.05, 0.1) is 18.7 Å². The molecule has 158 valence electrons. The molecule has 2 aliphatic rings. The van der Waals surface area contributed by atoms with Crippen LogP contribution in [0.1, 0.15) is 44.6 Å². The molecule has 0 unspecified atom stereocenters. The highest BCUT2D eigenvalue weighted by Crippen LogP contribution is 2.39. The number of piperidine rings is 1. The minimum absolute atomic E-state index is 0.0196. The van der Waals surface area contributed by atoms with E-state index < -0.39 is 12.1 Å². The van der Waals surface area contributed by atoms with E-state index in [0.717, 1.165) is 48.8 Å². The number of carbonyl (C=O) groups excluding carboxylic acids is 2. The zero-order valence-electron chi connectivity index (χ0n) is 17.3. The van der Waals surface area contributed by atoms with Crippen molar-refractivity contribution in [1.82, 2.24) is 15.2 Å². The molecule has 30 heavy (non-hydrogen) atoms. The van der Waals surface area contributed by atoms with Gasteiger partial charge in [-0.1, -0.05) is 18.9 Å². The highest BCUT2D eigenvalue weighted by atomic mass is 16.5. The zero-order valence-corrected chi connectivity index (χ0v) is 17.3. The maximum absolute atomic E-state index is 13.3. The number of amides is 2. The lowest BCUT2D eigenvalue weighted by atomic mass is 9.92. The van der Waals surface area contributed by atoms with E-state index in [-0.39, 0.29) is 17.7 Å². The number of ether oxygens (including phenoxy) is 1. The van der Waals surface area contributed by atoms with Gasteiger partial charge in [-0.15, -0.1) is 0 Å². The number of rotatable bonds is 8. The van der Waals surface area contributed by atoms with Gasteiger partial charge in [0, 0.05) is 24.0 Å². The molecule has 7 heteroatoms. The van der Waals surface area contributed by atoms with E-state index in [4.69, 9.17) is 4.74 Å². The minimum Gasteiger partial charge on any atom is -0.496 e. The fourth-order valence-electron chi connectivity index (χ4n) is 4.38. The first kappa shape index (κ1) is 20.3. The van der Waals surface area contributed by atoms with Crippen LogP contribution in [-0.4, -0.2) is 36.1 Å². The van der Waals surface area contributed by atoms with E-state index in [0.29, 0.717) is 18.9 Å². The molecule has 1 aromatic carbocycles. The molecule has 2 fully saturated rings. The van der Waals surface area contributed by atoms with Gasteiger partial charge in [0.15, 0.2) is 0 Å². The predicted molar refractivity (Wildman–Crippen MR) is 113 cm³/mol. The Hall–Kier alpha value is -3.01. The number of methoxy groups -OCH3 is 1. The van der Waals surface area contributed by atoms with E-state index >= 15 is 0 Å². The average molecular weight is 409 g/mol. The summed E-state index contributed by atoms with van der Waals surface area (Å²) in [4.78, 5) is 25.3. The van der Waals surface area contributed by atoms with Gasteiger partial charge in [0.25, 0.3) is 0 Å². The second-order valence-electron chi connectivity index (χ2n) is 8.37. The number of hydrogen-bond donors (Lipinski definition) is 2. The number of nitriles is 1. The number of fused-ring (bicyclic) bond motifs is 1. The molecule has 1 saturated carbocycles. The molecule has 7 nitrogen and oxygen atoms in total. The molecule has 1 aromatic heterocycles. The maximum Gasteiger partial charge on any atom is 0.244 e. The second kappa shape index (κ2) is 8.78. The Bertz CT molecular complexity index is 972. The Morgan fingerprint density at radius 1 is 1.33 bits per heavy atom. The summed E-state index contributed by atoms with van der Waals surface area (Å²) in [5, 5.41) is 16.3. The van der Waals surface area contributed by atoms with Crippen molar-refractivity contribution in [1.29, 1.82) is 5.26 Å². The summed E-state index contributed by atoms with van der Waals surface area (Å²) in [6, 6.07) is 8.90. The fraction of sp³-hybridized carbons (Fsp3) is 0.522. The minimum atomic E-state index is -0.676. The third kappa shape index (κ3) is 4.28. The Morgan fingerprint density at radius 3 is 2.87 bits per heavy atom. The van der Waals surface area contributed by atoms with Crippen LogP contribution in [0.4, 0.5) is 0 Å². The van der Waals surface area contributed by atoms with E-state index in [9.17, 15) is 14.9 Å². The molecular formula is C23H28N4O3. The first-order chi connectivity index (χ1) is 14.6. The first-order valence-corrected chi connectivity index (χ1v) is 10.7. The maximum atomic E-state index is 13.3. The highest BCUT2D eigenvalue weighted by molar-refractivity contribution is 5.89. The van der Waals surface area contributed by atoms with E-state index in [1.165, 1.54) is 0 Å². The Morgan fingerprint density at radius 2 is 2.17 bits per heavy atom. The Labute approximate surface area is 176 Å². The topological polar surface area (TPSA) is 96.2 Å². The standard InChI is InChI=1S/C23H28N4O3/c1-30-21-6-2-5-19-18(21)9-11-27(19)20(12-15-7-8-15)23(29)26-17(14-24)13-16-4-3-10-25-22(16)28/h2,5-6,9,11,15-17,20H,3-4,7-8,10,12-13H2,1H3,(H,25,28)(H,26,29)/t16-,17-,20+/m0/s1. The summed E-state index contributed by atoms with van der Waals surface area (Å²) in [5.41, 5.74) is 0.940. The van der Waals surface area contributed by atoms with E-state index in [1.54, 1.807) is 7.11 Å². The average Bonchev–Trinajstić information content (AvgIpc) is 3.49. The van der Waals surface area contributed by atoms with Crippen molar-refractivity contribution in [3.63, 3.8) is 0 Å². The summed E-state index contributed by atoms with van der Waals surface area (Å²) in [5.74, 6) is 0.907. The second-order valence-corrected chi connectivity index (χ2v) is 8.37. The molecular weight excluding hydrogens is 380 g/mol. The number of nitrogens with zero attached hydrogens (tertiary/aromatic N) is 2. The van der Waals surface area contributed by atoms with Crippen molar-refractivity contribution in [3.8, 4) is 11.8 Å². The van der Waals surface area contributed by atoms with Crippen LogP contribution in [0.15, 0.2) is 30.5 Å². The molecule has 1 aliphatic carbocycles. The van der Waals surface area contributed by atoms with Gasteiger partial charge in [-0.2, -0.15) is 5.26 Å². The van der Waals surface area contributed by atoms with Gasteiger partial charge in [-0.25, -0.2) is 0 Å². The van der Waals surface area contributed by atoms with Crippen LogP contribution in [0.2, 0.25) is 0 Å². The van der Waals surface area contributed by atoms with Crippen molar-refractivity contribution in [2.24, 2.45) is 11.8 Å². The van der Waals surface area contributed by atoms with Gasteiger partial charge in [-0.05, 0) is 49.8 Å². The lowest BCUT2D eigenvalue weighted by molar-refractivity contribution is -0.128. The van der Waals surface area contributed by atoms with Crippen molar-refractivity contribution in [2.45, 2.75) is 50.6 Å². The number of benzene rings is 1. The zero-order chi connectivity index (χ0) is 21.1. The lowest BCUT2D eigenvalue weighted by Gasteiger charge is -2.26. The van der Waals surface area contributed by atoms with Crippen LogP contribution in [-0.2, 0) is 9.59 Å². The normalized spacial score (nSPS) is 20.8. The Kier molecular flexibility index (Phi) is 5.93. The summed E-state index contributed by atoms with van der Waals surface area (Å²) in [6.45, 7) is 0.687. The fourth-order valence-corrected chi connectivity index (χ4v) is 4.38. The first-order valence-electron chi connectivity index (χ1n) is 10.7. The van der Waals surface area contributed by atoms with Gasteiger partial charge in [-0.3, -0.25) is 9.59 Å². The monoisotopic (exact) mass is 408 g/mol. The molecule has 2 aromatic rings. The smallest absolute Gasteiger partial charge is 0.244 e. The number of nitrogens with one attached hydrogen (secondary N) is 2. The molecule has 0 radical (unpaired) electrons. The van der Waals surface area contributed by atoms with Crippen molar-refractivity contribution in [2.75, 3.05) is 13.7 Å². The molecule has 4 rings (SSSR count). The molecule has 1 saturated heterocycles. The number of carbonyl (C=O) groups is 2. The summed E-state index contributed by atoms with van der Waals surface area (Å²) >= 11 is 0. The quantitative estimate of drug-likeness (QED) is 0.702. The van der Waals surface area contributed by atoms with Gasteiger partial charge >= 0.3 is 0 Å². The molecule has 2 N–H and O–H groups in total. The highest BCUT2D eigenvalue weighted by Gasteiger charge is 2.33. The summed E-state index contributed by atoms with van der Waals surface area (Å²) in [6.07, 6.45) is 6.96. The predicted octanol–water partition coefficient (Wildman–Crippen LogP) is 2.92. The van der Waals surface area contributed by atoms with Gasteiger partial charge < -0.3 is 19.9 Å². The largest absolute Gasteiger partial charge is 0.496 e. The summed E-state index contributed by atoms with van der Waals surface area (Å²) < 4.78 is 7.45. The molecule has 0 spiro atoms. The van der Waals surface area contributed by atoms with Crippen LogP contribution in [0.5, 0.6) is 5.75 Å². The van der Waals surface area contributed by atoms with Crippen LogP contribution >= 0.6 is 0 Å². The third-order valence-corrected chi connectivity index (χ3v) is 6.23. The molecule has 1 aliphatic heterocycles. The van der Waals surface area contributed by atoms with Crippen LogP contribution < -0.4 is 15.4 Å². The molecule has 3 atom stereocenters. The SMILES string of the molecule is COc1cccc2c1ccn2[C@H](CC1CC1)C(=O)N[C@H](C#N)C[C@@H]1CCCNC1=O. The van der Waals surface area contributed by atoms with Gasteiger partial charge in [0.1, 0.15) is 17.8 Å². The van der Waals surface area contributed by atoms with Crippen LogP contribution in [0.25, 0.3) is 10.9 Å². The number of aromatic nitrogens is 1. The van der Waals surface area contributed by atoms with E-state index in [1.807, 2.05) is 35.0 Å². The van der Waals surface area contributed by atoms with E-state index in [2.05, 4.69) is 16.7 Å². The van der Waals surface area contributed by atoms with Crippen LogP contribution in [0.3, 0.4) is 0 Å². The van der Waals surface area contributed by atoms with Gasteiger partial charge in [0.2, 0.25) is 11.8 Å². The third-order valence-electron chi connectivity index (χ3n) is 6.23. The van der Waals surface area contributed by atoms with Crippen molar-refractivity contribution < 1.29 is 14.3 Å². The lowest BCUT2D eigenvalue weighted by Crippen LogP contribution is -2.43. The molecule has 2 amide bonds. The van der Waals surface area contributed by atoms with Crippen molar-refractivity contribution >= 4 is 22.7 Å².